The Morgan fingerprint density at radius 1 is 1.50 bits per heavy atom. The maximum atomic E-state index is 13.9. The first-order valence-electron chi connectivity index (χ1n) is 6.32. The van der Waals surface area contributed by atoms with Crippen LogP contribution in [0.4, 0.5) is 25.4 Å². The van der Waals surface area contributed by atoms with Crippen LogP contribution in [0.25, 0.3) is 0 Å². The first-order valence-corrected chi connectivity index (χ1v) is 6.32. The molecule has 0 aliphatic carbocycles. The molecule has 1 heterocycles. The van der Waals surface area contributed by atoms with Gasteiger partial charge in [0.15, 0.2) is 0 Å². The number of nitrogens with zero attached hydrogens (tertiary/aromatic N) is 1. The number of benzene rings is 1. The van der Waals surface area contributed by atoms with Gasteiger partial charge in [0.2, 0.25) is 0 Å². The van der Waals surface area contributed by atoms with Crippen LogP contribution in [0, 0.1) is 5.82 Å². The van der Waals surface area contributed by atoms with Gasteiger partial charge < -0.3 is 15.2 Å². The number of ether oxygens (including phenoxy) is 1. The number of hydrogen-bond acceptors (Lipinski definition) is 5. The van der Waals surface area contributed by atoms with Crippen molar-refractivity contribution < 1.29 is 28.6 Å². The molecule has 9 heteroatoms. The number of carbonyl (C=O) groups excluding carboxylic acids is 3. The minimum Gasteiger partial charge on any atom is -0.453 e. The van der Waals surface area contributed by atoms with Crippen molar-refractivity contribution in [2.45, 2.75) is 19.1 Å². The van der Waals surface area contributed by atoms with E-state index < -0.39 is 36.0 Å². The van der Waals surface area contributed by atoms with E-state index in [-0.39, 0.29) is 11.4 Å². The van der Waals surface area contributed by atoms with Crippen LogP contribution in [0.5, 0.6) is 0 Å². The number of hydrogen-bond donors (Lipinski definition) is 3. The van der Waals surface area contributed by atoms with Crippen molar-refractivity contribution in [3.63, 3.8) is 0 Å². The van der Waals surface area contributed by atoms with Gasteiger partial charge in [-0.1, -0.05) is 0 Å². The van der Waals surface area contributed by atoms with Crippen LogP contribution in [0.15, 0.2) is 18.2 Å². The number of aliphatic hydroxyl groups excluding tert-OH is 1. The van der Waals surface area contributed by atoms with Gasteiger partial charge in [0, 0.05) is 6.07 Å². The number of aliphatic hydroxyl groups is 1. The van der Waals surface area contributed by atoms with E-state index in [1.165, 1.54) is 19.1 Å². The van der Waals surface area contributed by atoms with Crippen molar-refractivity contribution >= 4 is 29.4 Å². The van der Waals surface area contributed by atoms with E-state index in [1.807, 2.05) is 0 Å². The quantitative estimate of drug-likeness (QED) is 0.716. The molecular weight excluding hydrogens is 297 g/mol. The van der Waals surface area contributed by atoms with E-state index in [9.17, 15) is 23.9 Å². The molecule has 0 bridgehead atoms. The van der Waals surface area contributed by atoms with Crippen LogP contribution in [-0.2, 0) is 9.53 Å². The molecule has 0 spiro atoms. The predicted octanol–water partition coefficient (Wildman–Crippen LogP) is 0.810. The number of anilines is 2. The zero-order valence-corrected chi connectivity index (χ0v) is 11.8. The highest BCUT2D eigenvalue weighted by atomic mass is 19.1. The van der Waals surface area contributed by atoms with Crippen molar-refractivity contribution in [1.29, 1.82) is 0 Å². The van der Waals surface area contributed by atoms with Crippen LogP contribution < -0.4 is 15.5 Å². The summed E-state index contributed by atoms with van der Waals surface area (Å²) in [7, 11) is 1.13. The fourth-order valence-corrected chi connectivity index (χ4v) is 1.98. The topological polar surface area (TPSA) is 108 Å². The van der Waals surface area contributed by atoms with Gasteiger partial charge in [-0.05, 0) is 19.1 Å². The number of halogens is 1. The second kappa shape index (κ2) is 5.98. The first kappa shape index (κ1) is 15.7. The van der Waals surface area contributed by atoms with E-state index >= 15 is 0 Å². The maximum Gasteiger partial charge on any atom is 0.411 e. The smallest absolute Gasteiger partial charge is 0.411 e. The van der Waals surface area contributed by atoms with Crippen LogP contribution in [-0.4, -0.2) is 42.4 Å². The molecule has 1 fully saturated rings. The number of carbonyl (C=O) groups is 3. The predicted molar refractivity (Wildman–Crippen MR) is 73.9 cm³/mol. The molecule has 1 saturated heterocycles. The van der Waals surface area contributed by atoms with Crippen molar-refractivity contribution in [2.75, 3.05) is 17.3 Å². The van der Waals surface area contributed by atoms with Crippen LogP contribution in [0.1, 0.15) is 6.92 Å². The summed E-state index contributed by atoms with van der Waals surface area (Å²) in [5, 5.41) is 13.9. The van der Waals surface area contributed by atoms with E-state index in [1.54, 1.807) is 0 Å². The van der Waals surface area contributed by atoms with Gasteiger partial charge in [-0.15, -0.1) is 0 Å². The van der Waals surface area contributed by atoms with Gasteiger partial charge in [0.1, 0.15) is 11.9 Å². The Hall–Kier alpha value is -2.68. The number of imide groups is 1. The lowest BCUT2D eigenvalue weighted by atomic mass is 10.2. The Labute approximate surface area is 124 Å². The van der Waals surface area contributed by atoms with Gasteiger partial charge in [-0.2, -0.15) is 0 Å². The normalized spacial score (nSPS) is 18.9. The van der Waals surface area contributed by atoms with E-state index in [4.69, 9.17) is 0 Å². The average molecular weight is 311 g/mol. The molecule has 1 aliphatic rings. The van der Waals surface area contributed by atoms with Crippen LogP contribution >= 0.6 is 0 Å². The largest absolute Gasteiger partial charge is 0.453 e. The van der Waals surface area contributed by atoms with Crippen molar-refractivity contribution in [3.05, 3.63) is 24.0 Å². The Morgan fingerprint density at radius 3 is 2.68 bits per heavy atom. The molecule has 0 radical (unpaired) electrons. The van der Waals surface area contributed by atoms with E-state index in [0.29, 0.717) is 0 Å². The van der Waals surface area contributed by atoms with Gasteiger partial charge in [0.25, 0.3) is 5.91 Å². The zero-order valence-electron chi connectivity index (χ0n) is 11.8. The summed E-state index contributed by atoms with van der Waals surface area (Å²) in [5.74, 6) is -1.53. The maximum absolute atomic E-state index is 13.9. The SMILES string of the molecule is COC(=O)Nc1ccc(N2C(=O)N[C@@H]([C@@H](C)O)C2=O)cc1F. The fraction of sp³-hybridized carbons (Fsp3) is 0.308. The molecule has 1 aliphatic heterocycles. The summed E-state index contributed by atoms with van der Waals surface area (Å²) >= 11 is 0. The highest BCUT2D eigenvalue weighted by molar-refractivity contribution is 6.21. The van der Waals surface area contributed by atoms with E-state index in [0.717, 1.165) is 18.1 Å². The minimum absolute atomic E-state index is 0.0152. The summed E-state index contributed by atoms with van der Waals surface area (Å²) in [6, 6.07) is 1.56. The number of nitrogens with one attached hydrogen (secondary N) is 2. The first-order chi connectivity index (χ1) is 10.3. The van der Waals surface area contributed by atoms with Crippen molar-refractivity contribution in [3.8, 4) is 0 Å². The summed E-state index contributed by atoms with van der Waals surface area (Å²) in [5.41, 5.74) is -0.173. The third-order valence-electron chi connectivity index (χ3n) is 3.08. The summed E-state index contributed by atoms with van der Waals surface area (Å²) in [6.07, 6.45) is -1.93. The third-order valence-corrected chi connectivity index (χ3v) is 3.08. The fourth-order valence-electron chi connectivity index (χ4n) is 1.98. The lowest BCUT2D eigenvalue weighted by Crippen LogP contribution is -2.39. The third kappa shape index (κ3) is 2.84. The van der Waals surface area contributed by atoms with Crippen LogP contribution in [0.3, 0.4) is 0 Å². The van der Waals surface area contributed by atoms with Gasteiger partial charge in [0.05, 0.1) is 24.6 Å². The zero-order chi connectivity index (χ0) is 16.4. The highest BCUT2D eigenvalue weighted by Gasteiger charge is 2.41. The summed E-state index contributed by atoms with van der Waals surface area (Å²) in [6.45, 7) is 1.36. The molecule has 3 N–H and O–H groups in total. The molecule has 0 unspecified atom stereocenters. The molecule has 2 rings (SSSR count). The van der Waals surface area contributed by atoms with Crippen molar-refractivity contribution in [2.24, 2.45) is 0 Å². The standard InChI is InChI=1S/C13H14FN3O5/c1-6(18)10-11(19)17(12(20)16-10)7-3-4-9(8(14)5-7)15-13(21)22-2/h3-6,10,18H,1-2H3,(H,15,21)(H,16,20)/t6-,10+/m1/s1. The molecule has 1 aromatic rings. The Balaban J connectivity index is 2.27. The number of amides is 4. The molecule has 8 nitrogen and oxygen atoms in total. The molecule has 118 valence electrons. The molecule has 1 aromatic carbocycles. The summed E-state index contributed by atoms with van der Waals surface area (Å²) < 4.78 is 18.3. The second-order valence-corrected chi connectivity index (χ2v) is 4.62. The number of methoxy groups -OCH3 is 1. The minimum atomic E-state index is -1.08. The van der Waals surface area contributed by atoms with Crippen LogP contribution in [0.2, 0.25) is 0 Å². The van der Waals surface area contributed by atoms with Crippen molar-refractivity contribution in [1.82, 2.24) is 5.32 Å². The molecule has 0 saturated carbocycles. The monoisotopic (exact) mass is 311 g/mol. The Morgan fingerprint density at radius 2 is 2.18 bits per heavy atom. The highest BCUT2D eigenvalue weighted by Crippen LogP contribution is 2.25. The molecule has 2 atom stereocenters. The molecule has 0 aromatic heterocycles. The van der Waals surface area contributed by atoms with Gasteiger partial charge in [-0.25, -0.2) is 18.9 Å². The lowest BCUT2D eigenvalue weighted by Gasteiger charge is -2.15. The average Bonchev–Trinajstić information content (AvgIpc) is 2.76. The molecular formula is C13H14FN3O5. The van der Waals surface area contributed by atoms with E-state index in [2.05, 4.69) is 15.4 Å². The Kier molecular flexibility index (Phi) is 4.27. The number of urea groups is 1. The molecule has 22 heavy (non-hydrogen) atoms. The molecule has 4 amide bonds. The van der Waals surface area contributed by atoms with Gasteiger partial charge in [-0.3, -0.25) is 10.1 Å². The van der Waals surface area contributed by atoms with Gasteiger partial charge >= 0.3 is 12.1 Å². The lowest BCUT2D eigenvalue weighted by molar-refractivity contribution is -0.120. The Bertz CT molecular complexity index is 634. The summed E-state index contributed by atoms with van der Waals surface area (Å²) in [4.78, 5) is 35.6. The second-order valence-electron chi connectivity index (χ2n) is 4.62. The number of rotatable bonds is 3.